The summed E-state index contributed by atoms with van der Waals surface area (Å²) in [5.41, 5.74) is 6.87. The number of carbonyl (C=O) groups excluding carboxylic acids is 2. The number of nitrogens with two attached hydrogens (primary N) is 1. The second kappa shape index (κ2) is 8.98. The lowest BCUT2D eigenvalue weighted by atomic mass is 10.3. The molecular formula is C18H20N4O4S2. The molecule has 0 atom stereocenters. The number of fused-ring (bicyclic) bond motifs is 1. The van der Waals surface area contributed by atoms with Crippen LogP contribution in [0, 0.1) is 6.92 Å². The molecule has 0 amide bonds. The number of hydrogen-bond donors (Lipinski definition) is 2. The molecule has 28 heavy (non-hydrogen) atoms. The van der Waals surface area contributed by atoms with Crippen LogP contribution in [0.1, 0.15) is 38.7 Å². The summed E-state index contributed by atoms with van der Waals surface area (Å²) < 4.78 is 11.0. The number of ether oxygens (including phenoxy) is 2. The Labute approximate surface area is 169 Å². The minimum Gasteiger partial charge on any atom is -0.461 e. The van der Waals surface area contributed by atoms with E-state index in [1.165, 1.54) is 22.7 Å². The molecule has 0 unspecified atom stereocenters. The van der Waals surface area contributed by atoms with Gasteiger partial charge in [-0.15, -0.1) is 22.7 Å². The average molecular weight is 421 g/mol. The summed E-state index contributed by atoms with van der Waals surface area (Å²) in [4.78, 5) is 36.0. The Kier molecular flexibility index (Phi) is 6.42. The first-order valence-electron chi connectivity index (χ1n) is 8.68. The highest BCUT2D eigenvalue weighted by molar-refractivity contribution is 7.18. The van der Waals surface area contributed by atoms with Crippen molar-refractivity contribution in [1.29, 1.82) is 0 Å². The molecule has 0 bridgehead atoms. The molecule has 0 fully saturated rings. The number of nitrogens with one attached hydrogen (secondary N) is 1. The summed E-state index contributed by atoms with van der Waals surface area (Å²) in [5.74, 6) is -0.934. The number of aromatic amines is 1. The first kappa shape index (κ1) is 20.0. The lowest BCUT2D eigenvalue weighted by Gasteiger charge is -2.03. The van der Waals surface area contributed by atoms with Crippen LogP contribution in [0.25, 0.3) is 16.4 Å². The van der Waals surface area contributed by atoms with Crippen LogP contribution >= 0.6 is 22.7 Å². The van der Waals surface area contributed by atoms with Gasteiger partial charge >= 0.3 is 11.9 Å². The fourth-order valence-corrected chi connectivity index (χ4v) is 4.16. The van der Waals surface area contributed by atoms with Gasteiger partial charge in [-0.1, -0.05) is 0 Å². The van der Waals surface area contributed by atoms with Gasteiger partial charge < -0.3 is 20.2 Å². The molecule has 0 saturated carbocycles. The highest BCUT2D eigenvalue weighted by Gasteiger charge is 2.14. The van der Waals surface area contributed by atoms with Crippen molar-refractivity contribution in [1.82, 2.24) is 15.0 Å². The monoisotopic (exact) mass is 420 g/mol. The van der Waals surface area contributed by atoms with E-state index in [4.69, 9.17) is 15.2 Å². The number of hydrogen-bond acceptors (Lipinski definition) is 9. The van der Waals surface area contributed by atoms with Gasteiger partial charge in [0.25, 0.3) is 0 Å². The van der Waals surface area contributed by atoms with Crippen LogP contribution < -0.4 is 5.73 Å². The Morgan fingerprint density at radius 1 is 1.32 bits per heavy atom. The van der Waals surface area contributed by atoms with Crippen molar-refractivity contribution in [3.63, 3.8) is 0 Å². The normalized spacial score (nSPS) is 11.7. The Morgan fingerprint density at radius 3 is 2.82 bits per heavy atom. The smallest absolute Gasteiger partial charge is 0.354 e. The number of carbonyl (C=O) groups is 2. The largest absolute Gasteiger partial charge is 0.461 e. The molecule has 3 aromatic rings. The maximum atomic E-state index is 11.9. The molecule has 3 N–H and O–H groups in total. The molecule has 3 aromatic heterocycles. The molecule has 3 heterocycles. The van der Waals surface area contributed by atoms with Crippen molar-refractivity contribution in [3.8, 4) is 0 Å². The van der Waals surface area contributed by atoms with Gasteiger partial charge in [-0.3, -0.25) is 0 Å². The van der Waals surface area contributed by atoms with E-state index in [-0.39, 0.29) is 18.3 Å². The molecule has 10 heteroatoms. The third-order valence-corrected chi connectivity index (χ3v) is 5.58. The zero-order chi connectivity index (χ0) is 20.1. The van der Waals surface area contributed by atoms with Crippen LogP contribution in [0.5, 0.6) is 0 Å². The lowest BCUT2D eigenvalue weighted by Crippen LogP contribution is -2.15. The summed E-state index contributed by atoms with van der Waals surface area (Å²) >= 11 is 2.94. The predicted molar refractivity (Wildman–Crippen MR) is 108 cm³/mol. The molecule has 0 spiro atoms. The molecule has 0 radical (unpaired) electrons. The highest BCUT2D eigenvalue weighted by Crippen LogP contribution is 2.24. The van der Waals surface area contributed by atoms with Gasteiger partial charge in [-0.2, -0.15) is 0 Å². The number of esters is 2. The first-order chi connectivity index (χ1) is 13.5. The van der Waals surface area contributed by atoms with Crippen molar-refractivity contribution in [2.24, 2.45) is 5.73 Å². The van der Waals surface area contributed by atoms with Gasteiger partial charge in [0.1, 0.15) is 17.0 Å². The Bertz CT molecular complexity index is 987. The molecular weight excluding hydrogens is 400 g/mol. The summed E-state index contributed by atoms with van der Waals surface area (Å²) in [7, 11) is 0. The second-order valence-electron chi connectivity index (χ2n) is 5.84. The molecule has 0 aromatic carbocycles. The summed E-state index contributed by atoms with van der Waals surface area (Å²) in [5, 5.41) is 1.80. The van der Waals surface area contributed by atoms with E-state index in [1.54, 1.807) is 25.3 Å². The standard InChI is InChI=1S/C18H20N4O4S2/c1-3-25-18(24)13-8-14-16(21-13)22-15(28-14)5-4-6-26-17(23)12(19)7-11-9-20-10(2)27-11/h7-9,21H,3-6,19H2,1-2H3/b12-7-. The zero-order valence-electron chi connectivity index (χ0n) is 15.5. The number of thiazole rings is 2. The molecule has 0 saturated heterocycles. The first-order valence-corrected chi connectivity index (χ1v) is 10.3. The molecule has 0 aliphatic rings. The van der Waals surface area contributed by atoms with Gasteiger partial charge in [0, 0.05) is 17.5 Å². The minimum atomic E-state index is -0.545. The molecule has 0 aliphatic carbocycles. The van der Waals surface area contributed by atoms with E-state index < -0.39 is 5.97 Å². The molecule has 8 nitrogen and oxygen atoms in total. The van der Waals surface area contributed by atoms with Crippen LogP contribution in [0.15, 0.2) is 18.0 Å². The molecule has 3 rings (SSSR count). The van der Waals surface area contributed by atoms with E-state index >= 15 is 0 Å². The molecule has 0 aliphatic heterocycles. The van der Waals surface area contributed by atoms with Crippen LogP contribution in [0.3, 0.4) is 0 Å². The van der Waals surface area contributed by atoms with Gasteiger partial charge in [-0.25, -0.2) is 19.6 Å². The Hall–Kier alpha value is -2.72. The topological polar surface area (TPSA) is 120 Å². The third kappa shape index (κ3) is 4.96. The van der Waals surface area contributed by atoms with E-state index in [9.17, 15) is 9.59 Å². The lowest BCUT2D eigenvalue weighted by molar-refractivity contribution is -0.139. The van der Waals surface area contributed by atoms with Gasteiger partial charge in [-0.05, 0) is 32.4 Å². The SMILES string of the molecule is CCOC(=O)c1cc2sc(CCCOC(=O)/C(N)=C/c3cnc(C)s3)nc2[nH]1. The molecule has 148 valence electrons. The fraction of sp³-hybridized carbons (Fsp3) is 0.333. The zero-order valence-corrected chi connectivity index (χ0v) is 17.1. The van der Waals surface area contributed by atoms with Crippen molar-refractivity contribution >= 4 is 51.0 Å². The van der Waals surface area contributed by atoms with E-state index in [0.717, 1.165) is 19.6 Å². The summed E-state index contributed by atoms with van der Waals surface area (Å²) in [6, 6.07) is 1.74. The van der Waals surface area contributed by atoms with Crippen LogP contribution in [0.4, 0.5) is 0 Å². The maximum Gasteiger partial charge on any atom is 0.354 e. The second-order valence-corrected chi connectivity index (χ2v) is 8.23. The number of aromatic nitrogens is 3. The van der Waals surface area contributed by atoms with Crippen molar-refractivity contribution in [2.75, 3.05) is 13.2 Å². The van der Waals surface area contributed by atoms with Crippen LogP contribution in [-0.4, -0.2) is 40.1 Å². The quantitative estimate of drug-likeness (QED) is 0.326. The number of aryl methyl sites for hydroxylation is 2. The van der Waals surface area contributed by atoms with Crippen molar-refractivity contribution in [2.45, 2.75) is 26.7 Å². The summed E-state index contributed by atoms with van der Waals surface area (Å²) in [6.45, 7) is 4.22. The average Bonchev–Trinajstić information content (AvgIpc) is 3.33. The van der Waals surface area contributed by atoms with Gasteiger partial charge in [0.15, 0.2) is 0 Å². The van der Waals surface area contributed by atoms with Gasteiger partial charge in [0.05, 0.1) is 27.9 Å². The minimum absolute atomic E-state index is 0.0534. The van der Waals surface area contributed by atoms with Crippen LogP contribution in [-0.2, 0) is 20.7 Å². The van der Waals surface area contributed by atoms with Crippen LogP contribution in [0.2, 0.25) is 0 Å². The number of H-pyrrole nitrogens is 1. The van der Waals surface area contributed by atoms with E-state index in [2.05, 4.69) is 15.0 Å². The predicted octanol–water partition coefficient (Wildman–Crippen LogP) is 3.04. The van der Waals surface area contributed by atoms with Crippen molar-refractivity contribution in [3.05, 3.63) is 38.5 Å². The maximum absolute atomic E-state index is 11.9. The third-order valence-electron chi connectivity index (χ3n) is 3.66. The number of nitrogens with zero attached hydrogens (tertiary/aromatic N) is 2. The van der Waals surface area contributed by atoms with Gasteiger partial charge in [0.2, 0.25) is 0 Å². The Balaban J connectivity index is 1.47. The highest BCUT2D eigenvalue weighted by atomic mass is 32.1. The van der Waals surface area contributed by atoms with E-state index in [1.807, 2.05) is 6.92 Å². The van der Waals surface area contributed by atoms with Crippen molar-refractivity contribution < 1.29 is 19.1 Å². The number of rotatable bonds is 8. The summed E-state index contributed by atoms with van der Waals surface area (Å²) in [6.07, 6.45) is 4.52. The fourth-order valence-electron chi connectivity index (χ4n) is 2.41. The van der Waals surface area contributed by atoms with E-state index in [0.29, 0.717) is 30.8 Å². The Morgan fingerprint density at radius 2 is 2.14 bits per heavy atom.